The van der Waals surface area contributed by atoms with Gasteiger partial charge in [-0.1, -0.05) is 151 Å². The SMILES string of the molecule is CO[C@@H]1O[C@@H]([C@@H](COC(=O)c2ccccc2)O[C@H]2OC(COC(=O)c3ccccc3)[C@H](OC(=O)c3ccccc3)C(OC(=O)c3ccccc3)C2O[Si](C(C)C)(C(C)C)C(C)C)C(OC(=O)c2ccccc2)C1OC(=O)c1ccccc1. The van der Waals surface area contributed by atoms with E-state index < -0.39 is 119 Å². The van der Waals surface area contributed by atoms with E-state index in [1.54, 1.807) is 170 Å². The number of esters is 6. The Labute approximate surface area is 478 Å². The average molecular weight is 1140 g/mol. The predicted molar refractivity (Wildman–Crippen MR) is 301 cm³/mol. The van der Waals surface area contributed by atoms with E-state index in [4.69, 9.17) is 51.8 Å². The van der Waals surface area contributed by atoms with Gasteiger partial charge in [0.1, 0.15) is 37.6 Å². The lowest BCUT2D eigenvalue weighted by Crippen LogP contribution is -2.67. The maximum atomic E-state index is 14.7. The fourth-order valence-corrected chi connectivity index (χ4v) is 16.2. The molecule has 0 saturated carbocycles. The summed E-state index contributed by atoms with van der Waals surface area (Å²) in [5, 5.41) is 0. The summed E-state index contributed by atoms with van der Waals surface area (Å²) in [7, 11) is -1.91. The standard InChI is InChI=1S/C64H68O17Si/c1-40(2)82(41(3)4,42(5)6)81-56-54(78-61(69)47-34-22-12-23-35-47)51(76-59(67)45-30-18-10-19-31-45)49(38-72-57(65)43-26-14-8-15-27-43)74-64(56)75-50(39-73-58(66)44-28-16-9-17-29-44)52-53(77-60(68)46-32-20-11-21-33-46)55(63(71-7)80-52)79-62(70)48-36-24-13-25-37-48/h8-37,40-42,49-56,63-64H,38-39H2,1-7H3/t49?,50-,51+,52+,53?,54?,55?,56?,63-,64-/m1/s1. The molecule has 8 rings (SSSR count). The molecule has 430 valence electrons. The second kappa shape index (κ2) is 28.2. The molecule has 6 aromatic rings. The van der Waals surface area contributed by atoms with E-state index in [1.165, 1.54) is 19.2 Å². The van der Waals surface area contributed by atoms with Crippen LogP contribution in [-0.4, -0.2) is 126 Å². The summed E-state index contributed by atoms with van der Waals surface area (Å²) in [6, 6.07) is 48.9. The third-order valence-electron chi connectivity index (χ3n) is 14.5. The Morgan fingerprint density at radius 2 is 0.744 bits per heavy atom. The molecule has 6 aromatic carbocycles. The number of ether oxygens (including phenoxy) is 10. The van der Waals surface area contributed by atoms with E-state index in [0.29, 0.717) is 0 Å². The quantitative estimate of drug-likeness (QED) is 0.0332. The van der Waals surface area contributed by atoms with Crippen LogP contribution in [0.4, 0.5) is 0 Å². The summed E-state index contributed by atoms with van der Waals surface area (Å²) < 4.78 is 71.9. The van der Waals surface area contributed by atoms with Crippen LogP contribution in [-0.2, 0) is 51.8 Å². The first-order chi connectivity index (χ1) is 39.6. The van der Waals surface area contributed by atoms with Gasteiger partial charge in [0.25, 0.3) is 0 Å². The molecule has 2 fully saturated rings. The van der Waals surface area contributed by atoms with Crippen molar-refractivity contribution in [3.8, 4) is 0 Å². The Balaban J connectivity index is 1.30. The Bertz CT molecular complexity index is 3020. The number of benzene rings is 6. The highest BCUT2D eigenvalue weighted by Crippen LogP contribution is 2.46. The molecule has 0 N–H and O–H groups in total. The molecule has 10 atom stereocenters. The number of rotatable bonds is 23. The van der Waals surface area contributed by atoms with E-state index in [1.807, 2.05) is 41.5 Å². The second-order valence-corrected chi connectivity index (χ2v) is 26.1. The fourth-order valence-electron chi connectivity index (χ4n) is 10.6. The minimum Gasteiger partial charge on any atom is -0.459 e. The zero-order valence-electron chi connectivity index (χ0n) is 46.7. The lowest BCUT2D eigenvalue weighted by molar-refractivity contribution is -0.318. The van der Waals surface area contributed by atoms with Crippen molar-refractivity contribution < 1.29 is 80.6 Å². The van der Waals surface area contributed by atoms with Gasteiger partial charge in [-0.15, -0.1) is 0 Å². The molecule has 0 amide bonds. The van der Waals surface area contributed by atoms with E-state index in [9.17, 15) is 28.8 Å². The molecule has 2 aliphatic rings. The summed E-state index contributed by atoms with van der Waals surface area (Å²) in [5.74, 6) is -4.85. The molecule has 5 unspecified atom stereocenters. The van der Waals surface area contributed by atoms with Crippen LogP contribution < -0.4 is 0 Å². The first-order valence-electron chi connectivity index (χ1n) is 27.2. The van der Waals surface area contributed by atoms with Crippen LogP contribution in [0.1, 0.15) is 104 Å². The number of carbonyl (C=O) groups is 6. The first-order valence-corrected chi connectivity index (χ1v) is 29.4. The fraction of sp³-hybridized carbons (Fsp3) is 0.344. The highest BCUT2D eigenvalue weighted by Gasteiger charge is 2.60. The molecule has 2 saturated heterocycles. The Hall–Kier alpha value is -7.84. The molecule has 0 aromatic heterocycles. The smallest absolute Gasteiger partial charge is 0.338 e. The molecule has 0 bridgehead atoms. The van der Waals surface area contributed by atoms with E-state index in [-0.39, 0.29) is 50.0 Å². The minimum absolute atomic E-state index is 0.126. The van der Waals surface area contributed by atoms with Crippen molar-refractivity contribution in [3.05, 3.63) is 215 Å². The van der Waals surface area contributed by atoms with Gasteiger partial charge in [0.05, 0.1) is 33.4 Å². The van der Waals surface area contributed by atoms with Crippen molar-refractivity contribution in [3.63, 3.8) is 0 Å². The van der Waals surface area contributed by atoms with Gasteiger partial charge < -0.3 is 51.8 Å². The normalized spacial score (nSPS) is 22.0. The molecular formula is C64H68O17Si. The summed E-state index contributed by atoms with van der Waals surface area (Å²) in [5.41, 5.74) is 0.584. The minimum atomic E-state index is -3.22. The zero-order chi connectivity index (χ0) is 58.3. The van der Waals surface area contributed by atoms with Gasteiger partial charge in [0, 0.05) is 7.11 Å². The van der Waals surface area contributed by atoms with Gasteiger partial charge in [-0.2, -0.15) is 0 Å². The van der Waals surface area contributed by atoms with Crippen molar-refractivity contribution in [1.29, 1.82) is 0 Å². The van der Waals surface area contributed by atoms with Gasteiger partial charge >= 0.3 is 35.8 Å². The topological polar surface area (TPSA) is 204 Å². The van der Waals surface area contributed by atoms with Crippen LogP contribution in [0.25, 0.3) is 0 Å². The molecule has 82 heavy (non-hydrogen) atoms. The molecule has 0 aliphatic carbocycles. The highest BCUT2D eigenvalue weighted by molar-refractivity contribution is 6.77. The number of hydrogen-bond acceptors (Lipinski definition) is 17. The highest BCUT2D eigenvalue weighted by atomic mass is 28.4. The van der Waals surface area contributed by atoms with Crippen molar-refractivity contribution >= 4 is 44.1 Å². The summed E-state index contributed by atoms with van der Waals surface area (Å²) >= 11 is 0. The monoisotopic (exact) mass is 1140 g/mol. The number of carbonyl (C=O) groups excluding carboxylic acids is 6. The van der Waals surface area contributed by atoms with Gasteiger partial charge in [-0.25, -0.2) is 28.8 Å². The third kappa shape index (κ3) is 14.4. The molecule has 0 spiro atoms. The average Bonchev–Trinajstić information content (AvgIpc) is 3.96. The molecule has 0 radical (unpaired) electrons. The zero-order valence-corrected chi connectivity index (χ0v) is 47.7. The Morgan fingerprint density at radius 1 is 0.402 bits per heavy atom. The van der Waals surface area contributed by atoms with Gasteiger partial charge in [0.2, 0.25) is 8.32 Å². The van der Waals surface area contributed by atoms with Gasteiger partial charge in [-0.3, -0.25) is 0 Å². The summed E-state index contributed by atoms with van der Waals surface area (Å²) in [6.07, 6.45) is -15.5. The molecule has 2 heterocycles. The lowest BCUT2D eigenvalue weighted by Gasteiger charge is -2.51. The van der Waals surface area contributed by atoms with Crippen molar-refractivity contribution in [2.24, 2.45) is 0 Å². The van der Waals surface area contributed by atoms with Crippen molar-refractivity contribution in [2.75, 3.05) is 20.3 Å². The summed E-state index contributed by atoms with van der Waals surface area (Å²) in [6.45, 7) is 11.0. The van der Waals surface area contributed by atoms with E-state index in [2.05, 4.69) is 0 Å². The largest absolute Gasteiger partial charge is 0.459 e. The van der Waals surface area contributed by atoms with Crippen LogP contribution in [0.15, 0.2) is 182 Å². The molecular weight excluding hydrogens is 1070 g/mol. The molecule has 17 nitrogen and oxygen atoms in total. The number of hydrogen-bond donors (Lipinski definition) is 0. The van der Waals surface area contributed by atoms with E-state index in [0.717, 1.165) is 0 Å². The maximum Gasteiger partial charge on any atom is 0.338 e. The predicted octanol–water partition coefficient (Wildman–Crippen LogP) is 10.6. The van der Waals surface area contributed by atoms with Gasteiger partial charge in [-0.05, 0) is 89.4 Å². The Morgan fingerprint density at radius 3 is 1.12 bits per heavy atom. The van der Waals surface area contributed by atoms with Crippen LogP contribution in [0.3, 0.4) is 0 Å². The molecule has 2 aliphatic heterocycles. The number of methoxy groups -OCH3 is 1. The maximum absolute atomic E-state index is 14.7. The lowest BCUT2D eigenvalue weighted by atomic mass is 9.97. The molecule has 18 heteroatoms. The summed E-state index contributed by atoms with van der Waals surface area (Å²) in [4.78, 5) is 85.5. The van der Waals surface area contributed by atoms with Crippen LogP contribution >= 0.6 is 0 Å². The van der Waals surface area contributed by atoms with Crippen molar-refractivity contribution in [1.82, 2.24) is 0 Å². The van der Waals surface area contributed by atoms with Crippen LogP contribution in [0.5, 0.6) is 0 Å². The van der Waals surface area contributed by atoms with Crippen LogP contribution in [0, 0.1) is 0 Å². The second-order valence-electron chi connectivity index (χ2n) is 20.7. The first kappa shape index (κ1) is 60.3. The third-order valence-corrected chi connectivity index (χ3v) is 20.6. The van der Waals surface area contributed by atoms with Crippen LogP contribution in [0.2, 0.25) is 16.6 Å². The van der Waals surface area contributed by atoms with Gasteiger partial charge in [0.15, 0.2) is 37.0 Å². The van der Waals surface area contributed by atoms with Crippen molar-refractivity contribution in [2.45, 2.75) is 120 Å². The van der Waals surface area contributed by atoms with E-state index >= 15 is 0 Å². The Kier molecular flexibility index (Phi) is 20.7.